The SMILES string of the molecule is NC(=O)CNC(=O)CCNC(=O)c1ccco1. The van der Waals surface area contributed by atoms with Gasteiger partial charge in [-0.2, -0.15) is 0 Å². The van der Waals surface area contributed by atoms with Gasteiger partial charge in [0.25, 0.3) is 5.91 Å². The number of hydrogen-bond acceptors (Lipinski definition) is 4. The summed E-state index contributed by atoms with van der Waals surface area (Å²) in [6.07, 6.45) is 1.45. The summed E-state index contributed by atoms with van der Waals surface area (Å²) in [5.74, 6) is -1.18. The Balaban J connectivity index is 2.17. The molecule has 0 aliphatic rings. The minimum Gasteiger partial charge on any atom is -0.459 e. The molecule has 0 unspecified atom stereocenters. The number of hydrogen-bond donors (Lipinski definition) is 3. The summed E-state index contributed by atoms with van der Waals surface area (Å²) in [5, 5.41) is 4.80. The van der Waals surface area contributed by atoms with E-state index in [4.69, 9.17) is 10.2 Å². The molecule has 1 aromatic heterocycles. The van der Waals surface area contributed by atoms with Gasteiger partial charge in [-0.1, -0.05) is 0 Å². The van der Waals surface area contributed by atoms with E-state index in [1.807, 2.05) is 0 Å². The van der Waals surface area contributed by atoms with Crippen molar-refractivity contribution in [2.24, 2.45) is 5.73 Å². The van der Waals surface area contributed by atoms with Gasteiger partial charge >= 0.3 is 0 Å². The molecule has 3 amide bonds. The van der Waals surface area contributed by atoms with E-state index in [1.165, 1.54) is 12.3 Å². The lowest BCUT2D eigenvalue weighted by Gasteiger charge is -2.03. The number of carbonyl (C=O) groups excluding carboxylic acids is 3. The van der Waals surface area contributed by atoms with Crippen LogP contribution in [0.2, 0.25) is 0 Å². The number of nitrogens with one attached hydrogen (secondary N) is 2. The van der Waals surface area contributed by atoms with E-state index in [1.54, 1.807) is 6.07 Å². The van der Waals surface area contributed by atoms with Crippen molar-refractivity contribution in [3.63, 3.8) is 0 Å². The minimum absolute atomic E-state index is 0.0692. The van der Waals surface area contributed by atoms with Crippen LogP contribution in [0.5, 0.6) is 0 Å². The fourth-order valence-electron chi connectivity index (χ4n) is 1.06. The third-order valence-electron chi connectivity index (χ3n) is 1.84. The highest BCUT2D eigenvalue weighted by Crippen LogP contribution is 1.98. The summed E-state index contributed by atoms with van der Waals surface area (Å²) in [6.45, 7) is -0.0465. The first-order valence-corrected chi connectivity index (χ1v) is 4.96. The summed E-state index contributed by atoms with van der Waals surface area (Å²) >= 11 is 0. The molecule has 7 heteroatoms. The van der Waals surface area contributed by atoms with Crippen molar-refractivity contribution in [3.8, 4) is 0 Å². The van der Waals surface area contributed by atoms with Gasteiger partial charge in [-0.25, -0.2) is 0 Å². The maximum Gasteiger partial charge on any atom is 0.286 e. The molecule has 0 fully saturated rings. The van der Waals surface area contributed by atoms with Crippen LogP contribution >= 0.6 is 0 Å². The van der Waals surface area contributed by atoms with Crippen molar-refractivity contribution in [1.29, 1.82) is 0 Å². The van der Waals surface area contributed by atoms with Crippen LogP contribution < -0.4 is 16.4 Å². The van der Waals surface area contributed by atoms with Crippen LogP contribution in [-0.2, 0) is 9.59 Å². The molecule has 0 radical (unpaired) electrons. The van der Waals surface area contributed by atoms with Crippen molar-refractivity contribution in [1.82, 2.24) is 10.6 Å². The molecule has 7 nitrogen and oxygen atoms in total. The van der Waals surface area contributed by atoms with E-state index in [0.29, 0.717) is 0 Å². The lowest BCUT2D eigenvalue weighted by atomic mass is 10.3. The van der Waals surface area contributed by atoms with Crippen molar-refractivity contribution in [3.05, 3.63) is 24.2 Å². The smallest absolute Gasteiger partial charge is 0.286 e. The zero-order valence-corrected chi connectivity index (χ0v) is 9.06. The van der Waals surface area contributed by atoms with Gasteiger partial charge < -0.3 is 20.8 Å². The maximum absolute atomic E-state index is 11.3. The Hall–Kier alpha value is -2.31. The summed E-state index contributed by atoms with van der Waals surface area (Å²) in [7, 11) is 0. The fraction of sp³-hybridized carbons (Fsp3) is 0.300. The van der Waals surface area contributed by atoms with Gasteiger partial charge in [0.05, 0.1) is 12.8 Å². The third-order valence-corrected chi connectivity index (χ3v) is 1.84. The maximum atomic E-state index is 11.3. The molecular formula is C10H13N3O4. The highest BCUT2D eigenvalue weighted by Gasteiger charge is 2.08. The molecule has 0 atom stereocenters. The first kappa shape index (κ1) is 12.8. The predicted molar refractivity (Wildman–Crippen MR) is 57.9 cm³/mol. The number of primary amides is 1. The average Bonchev–Trinajstić information content (AvgIpc) is 2.79. The Morgan fingerprint density at radius 3 is 2.65 bits per heavy atom. The standard InChI is InChI=1S/C10H13N3O4/c11-8(14)6-13-9(15)3-4-12-10(16)7-2-1-5-17-7/h1-2,5H,3-4,6H2,(H2,11,14)(H,12,16)(H,13,15). The molecule has 0 bridgehead atoms. The number of carbonyl (C=O) groups is 3. The molecule has 0 aliphatic heterocycles. The Morgan fingerprint density at radius 2 is 2.06 bits per heavy atom. The predicted octanol–water partition coefficient (Wildman–Crippen LogP) is -0.999. The second-order valence-corrected chi connectivity index (χ2v) is 3.23. The van der Waals surface area contributed by atoms with Crippen molar-refractivity contribution < 1.29 is 18.8 Å². The molecule has 0 saturated carbocycles. The summed E-state index contributed by atoms with van der Waals surface area (Å²) in [6, 6.07) is 3.11. The van der Waals surface area contributed by atoms with Gasteiger partial charge in [-0.3, -0.25) is 14.4 Å². The van der Waals surface area contributed by atoms with Crippen LogP contribution in [0.15, 0.2) is 22.8 Å². The first-order chi connectivity index (χ1) is 8.09. The van der Waals surface area contributed by atoms with Crippen molar-refractivity contribution in [2.45, 2.75) is 6.42 Å². The van der Waals surface area contributed by atoms with E-state index < -0.39 is 11.8 Å². The lowest BCUT2D eigenvalue weighted by molar-refractivity contribution is -0.124. The molecule has 92 valence electrons. The topological polar surface area (TPSA) is 114 Å². The molecule has 0 aliphatic carbocycles. The lowest BCUT2D eigenvalue weighted by Crippen LogP contribution is -2.35. The normalized spacial score (nSPS) is 9.65. The highest BCUT2D eigenvalue weighted by atomic mass is 16.3. The van der Waals surface area contributed by atoms with Crippen LogP contribution in [-0.4, -0.2) is 30.8 Å². The van der Waals surface area contributed by atoms with Crippen LogP contribution in [0.25, 0.3) is 0 Å². The fourth-order valence-corrected chi connectivity index (χ4v) is 1.06. The molecule has 4 N–H and O–H groups in total. The van der Waals surface area contributed by atoms with E-state index in [0.717, 1.165) is 0 Å². The van der Waals surface area contributed by atoms with Crippen LogP contribution in [0.1, 0.15) is 17.0 Å². The molecule has 1 aromatic rings. The van der Waals surface area contributed by atoms with Gasteiger partial charge in [0.2, 0.25) is 11.8 Å². The Kier molecular flexibility index (Phi) is 4.74. The second kappa shape index (κ2) is 6.31. The number of furan rings is 1. The highest BCUT2D eigenvalue weighted by molar-refractivity contribution is 5.91. The molecule has 0 spiro atoms. The third kappa shape index (κ3) is 4.83. The summed E-state index contributed by atoms with van der Waals surface area (Å²) in [5.41, 5.74) is 4.85. The Morgan fingerprint density at radius 1 is 1.29 bits per heavy atom. The first-order valence-electron chi connectivity index (χ1n) is 4.96. The van der Waals surface area contributed by atoms with Gasteiger partial charge in [0.1, 0.15) is 0 Å². The zero-order chi connectivity index (χ0) is 12.7. The number of amides is 3. The van der Waals surface area contributed by atoms with E-state index in [2.05, 4.69) is 10.6 Å². The van der Waals surface area contributed by atoms with Crippen molar-refractivity contribution in [2.75, 3.05) is 13.1 Å². The van der Waals surface area contributed by atoms with Gasteiger partial charge in [0.15, 0.2) is 5.76 Å². The van der Waals surface area contributed by atoms with Gasteiger partial charge in [-0.15, -0.1) is 0 Å². The molecule has 17 heavy (non-hydrogen) atoms. The van der Waals surface area contributed by atoms with E-state index >= 15 is 0 Å². The monoisotopic (exact) mass is 239 g/mol. The minimum atomic E-state index is -0.613. The summed E-state index contributed by atoms with van der Waals surface area (Å²) in [4.78, 5) is 32.8. The molecule has 1 rings (SSSR count). The molecule has 0 saturated heterocycles. The molecular weight excluding hydrogens is 226 g/mol. The Labute approximate surface area is 97.3 Å². The largest absolute Gasteiger partial charge is 0.459 e. The van der Waals surface area contributed by atoms with Gasteiger partial charge in [0, 0.05) is 13.0 Å². The average molecular weight is 239 g/mol. The van der Waals surface area contributed by atoms with E-state index in [9.17, 15) is 14.4 Å². The second-order valence-electron chi connectivity index (χ2n) is 3.23. The van der Waals surface area contributed by atoms with Crippen LogP contribution in [0.4, 0.5) is 0 Å². The summed E-state index contributed by atoms with van der Waals surface area (Å²) < 4.78 is 4.86. The number of rotatable bonds is 6. The molecule has 0 aromatic carbocycles. The van der Waals surface area contributed by atoms with Crippen LogP contribution in [0, 0.1) is 0 Å². The van der Waals surface area contributed by atoms with Crippen LogP contribution in [0.3, 0.4) is 0 Å². The zero-order valence-electron chi connectivity index (χ0n) is 9.06. The van der Waals surface area contributed by atoms with Crippen molar-refractivity contribution >= 4 is 17.7 Å². The quantitative estimate of drug-likeness (QED) is 0.590. The number of nitrogens with two attached hydrogens (primary N) is 1. The van der Waals surface area contributed by atoms with E-state index in [-0.39, 0.29) is 31.2 Å². The Bertz CT molecular complexity index is 400. The van der Waals surface area contributed by atoms with Gasteiger partial charge in [-0.05, 0) is 12.1 Å². The molecule has 1 heterocycles.